The van der Waals surface area contributed by atoms with Crippen molar-refractivity contribution >= 4 is 10.0 Å². The van der Waals surface area contributed by atoms with Gasteiger partial charge in [-0.05, 0) is 6.92 Å². The molecule has 0 aliphatic rings. The fourth-order valence-electron chi connectivity index (χ4n) is 1.82. The normalized spacial score (nSPS) is 12.3. The summed E-state index contributed by atoms with van der Waals surface area (Å²) in [4.78, 5) is 0. The molecular formula is C13H24N4O2S. The van der Waals surface area contributed by atoms with Crippen molar-refractivity contribution in [2.45, 2.75) is 45.3 Å². The maximum Gasteiger partial charge on any atom is 0.262 e. The largest absolute Gasteiger partial charge is 0.310 e. The molecule has 2 N–H and O–H groups in total. The van der Waals surface area contributed by atoms with Crippen molar-refractivity contribution in [1.82, 2.24) is 19.8 Å². The highest BCUT2D eigenvalue weighted by atomic mass is 32.2. The Morgan fingerprint density at radius 1 is 1.50 bits per heavy atom. The van der Waals surface area contributed by atoms with Gasteiger partial charge in [0.25, 0.3) is 10.0 Å². The minimum Gasteiger partial charge on any atom is -0.310 e. The average molecular weight is 300 g/mol. The van der Waals surface area contributed by atoms with Gasteiger partial charge in [-0.25, -0.2) is 8.42 Å². The molecular weight excluding hydrogens is 276 g/mol. The van der Waals surface area contributed by atoms with E-state index < -0.39 is 10.0 Å². The first kappa shape index (κ1) is 16.9. The number of rotatable bonds is 8. The third kappa shape index (κ3) is 3.68. The Morgan fingerprint density at radius 3 is 2.65 bits per heavy atom. The lowest BCUT2D eigenvalue weighted by molar-refractivity contribution is 0.455. The molecule has 0 aliphatic heterocycles. The number of aromatic amines is 1. The summed E-state index contributed by atoms with van der Waals surface area (Å²) in [7, 11) is -3.59. The first-order valence-corrected chi connectivity index (χ1v) is 8.16. The van der Waals surface area contributed by atoms with Gasteiger partial charge in [-0.3, -0.25) is 5.10 Å². The maximum absolute atomic E-state index is 12.6. The molecule has 114 valence electrons. The first-order valence-electron chi connectivity index (χ1n) is 6.72. The minimum atomic E-state index is -3.59. The van der Waals surface area contributed by atoms with Crippen LogP contribution in [-0.2, 0) is 16.6 Å². The number of nitrogens with zero attached hydrogens (tertiary/aromatic N) is 2. The third-order valence-electron chi connectivity index (χ3n) is 2.99. The highest BCUT2D eigenvalue weighted by Crippen LogP contribution is 2.20. The Balaban J connectivity index is 3.15. The molecule has 0 unspecified atom stereocenters. The third-order valence-corrected chi connectivity index (χ3v) is 4.91. The zero-order valence-corrected chi connectivity index (χ0v) is 13.4. The van der Waals surface area contributed by atoms with Crippen LogP contribution in [0.2, 0.25) is 0 Å². The van der Waals surface area contributed by atoms with Crippen molar-refractivity contribution in [1.29, 1.82) is 0 Å². The van der Waals surface area contributed by atoms with Crippen molar-refractivity contribution in [2.75, 3.05) is 13.1 Å². The van der Waals surface area contributed by atoms with Crippen molar-refractivity contribution in [3.8, 4) is 0 Å². The molecule has 1 aromatic rings. The molecule has 0 saturated heterocycles. The van der Waals surface area contributed by atoms with Crippen molar-refractivity contribution in [3.05, 3.63) is 23.9 Å². The summed E-state index contributed by atoms with van der Waals surface area (Å²) in [6.45, 7) is 12.4. The fraction of sp³-hybridized carbons (Fsp3) is 0.615. The molecule has 0 saturated carbocycles. The smallest absolute Gasteiger partial charge is 0.262 e. The Morgan fingerprint density at radius 2 is 2.15 bits per heavy atom. The van der Waals surface area contributed by atoms with Crippen LogP contribution in [0.4, 0.5) is 0 Å². The monoisotopic (exact) mass is 300 g/mol. The molecule has 6 nitrogen and oxygen atoms in total. The van der Waals surface area contributed by atoms with Crippen LogP contribution in [0.25, 0.3) is 0 Å². The fourth-order valence-corrected chi connectivity index (χ4v) is 3.40. The molecule has 20 heavy (non-hydrogen) atoms. The standard InChI is InChI=1S/C13H24N4O2S/c1-6-8-17(7-2)20(18,19)13-12(9-14-10(3)4)11(5)15-16-13/h6,10,14H,1,7-9H2,2-5H3,(H,15,16). The Kier molecular flexibility index (Phi) is 5.91. The van der Waals surface area contributed by atoms with E-state index in [1.165, 1.54) is 4.31 Å². The van der Waals surface area contributed by atoms with Gasteiger partial charge in [0.1, 0.15) is 0 Å². The molecule has 0 aliphatic carbocycles. The number of aromatic nitrogens is 2. The highest BCUT2D eigenvalue weighted by molar-refractivity contribution is 7.89. The summed E-state index contributed by atoms with van der Waals surface area (Å²) in [6.07, 6.45) is 1.58. The van der Waals surface area contributed by atoms with Gasteiger partial charge >= 0.3 is 0 Å². The van der Waals surface area contributed by atoms with Gasteiger partial charge in [0.05, 0.1) is 0 Å². The summed E-state index contributed by atoms with van der Waals surface area (Å²) in [5, 5.41) is 10.1. The van der Waals surface area contributed by atoms with Crippen LogP contribution < -0.4 is 5.32 Å². The predicted octanol–water partition coefficient (Wildman–Crippen LogP) is 1.41. The molecule has 1 rings (SSSR count). The van der Waals surface area contributed by atoms with Crippen LogP contribution in [0.1, 0.15) is 32.0 Å². The lowest BCUT2D eigenvalue weighted by Crippen LogP contribution is -2.32. The van der Waals surface area contributed by atoms with Gasteiger partial charge in [-0.15, -0.1) is 6.58 Å². The van der Waals surface area contributed by atoms with E-state index in [-0.39, 0.29) is 17.6 Å². The van der Waals surface area contributed by atoms with E-state index in [1.807, 2.05) is 20.8 Å². The van der Waals surface area contributed by atoms with E-state index in [2.05, 4.69) is 22.1 Å². The van der Waals surface area contributed by atoms with Crippen LogP contribution in [-0.4, -0.2) is 42.1 Å². The summed E-state index contributed by atoms with van der Waals surface area (Å²) in [6, 6.07) is 0.273. The maximum atomic E-state index is 12.6. The number of aryl methyl sites for hydroxylation is 1. The molecule has 0 fully saturated rings. The van der Waals surface area contributed by atoms with Gasteiger partial charge in [-0.1, -0.05) is 26.8 Å². The van der Waals surface area contributed by atoms with Gasteiger partial charge in [0, 0.05) is 36.9 Å². The molecule has 0 spiro atoms. The number of sulfonamides is 1. The summed E-state index contributed by atoms with van der Waals surface area (Å²) >= 11 is 0. The van der Waals surface area contributed by atoms with E-state index in [4.69, 9.17) is 0 Å². The molecule has 0 radical (unpaired) electrons. The second-order valence-electron chi connectivity index (χ2n) is 4.91. The second-order valence-corrected chi connectivity index (χ2v) is 6.77. The molecule has 0 aromatic carbocycles. The number of likely N-dealkylation sites (N-methyl/N-ethyl adjacent to an activating group) is 1. The lowest BCUT2D eigenvalue weighted by atomic mass is 10.2. The van der Waals surface area contributed by atoms with E-state index in [9.17, 15) is 8.42 Å². The zero-order chi connectivity index (χ0) is 15.3. The molecule has 0 bridgehead atoms. The van der Waals surface area contributed by atoms with Crippen LogP contribution in [0, 0.1) is 6.92 Å². The summed E-state index contributed by atoms with van der Waals surface area (Å²) in [5.41, 5.74) is 1.47. The van der Waals surface area contributed by atoms with Gasteiger partial charge in [-0.2, -0.15) is 9.40 Å². The summed E-state index contributed by atoms with van der Waals surface area (Å²) < 4.78 is 26.6. The Labute approximate surface area is 121 Å². The summed E-state index contributed by atoms with van der Waals surface area (Å²) in [5.74, 6) is 0. The second kappa shape index (κ2) is 7.01. The average Bonchev–Trinajstić information content (AvgIpc) is 2.75. The SMILES string of the molecule is C=CCN(CC)S(=O)(=O)c1n[nH]c(C)c1CNC(C)C. The van der Waals surface area contributed by atoms with Gasteiger partial charge in [0.15, 0.2) is 5.03 Å². The highest BCUT2D eigenvalue weighted by Gasteiger charge is 2.28. The topological polar surface area (TPSA) is 78.1 Å². The number of hydrogen-bond donors (Lipinski definition) is 2. The van der Waals surface area contributed by atoms with E-state index in [0.717, 1.165) is 5.69 Å². The van der Waals surface area contributed by atoms with Crippen LogP contribution in [0.3, 0.4) is 0 Å². The van der Waals surface area contributed by atoms with Crippen LogP contribution in [0.15, 0.2) is 17.7 Å². The Bertz CT molecular complexity index is 549. The van der Waals surface area contributed by atoms with Gasteiger partial charge < -0.3 is 5.32 Å². The van der Waals surface area contributed by atoms with Crippen LogP contribution >= 0.6 is 0 Å². The number of nitrogens with one attached hydrogen (secondary N) is 2. The quantitative estimate of drug-likeness (QED) is 0.712. The van der Waals surface area contributed by atoms with Crippen molar-refractivity contribution in [2.24, 2.45) is 0 Å². The lowest BCUT2D eigenvalue weighted by Gasteiger charge is -2.18. The van der Waals surface area contributed by atoms with E-state index in [1.54, 1.807) is 13.0 Å². The van der Waals surface area contributed by atoms with Gasteiger partial charge in [0.2, 0.25) is 0 Å². The molecule has 1 aromatic heterocycles. The van der Waals surface area contributed by atoms with Crippen LogP contribution in [0.5, 0.6) is 0 Å². The van der Waals surface area contributed by atoms with E-state index >= 15 is 0 Å². The van der Waals surface area contributed by atoms with Crippen molar-refractivity contribution < 1.29 is 8.42 Å². The number of H-pyrrole nitrogens is 1. The van der Waals surface area contributed by atoms with E-state index in [0.29, 0.717) is 18.7 Å². The Hall–Kier alpha value is -1.18. The molecule has 0 atom stereocenters. The first-order chi connectivity index (χ1) is 9.34. The molecule has 1 heterocycles. The van der Waals surface area contributed by atoms with Crippen molar-refractivity contribution in [3.63, 3.8) is 0 Å². The molecule has 0 amide bonds. The molecule has 7 heteroatoms. The zero-order valence-electron chi connectivity index (χ0n) is 12.6. The predicted molar refractivity (Wildman–Crippen MR) is 79.9 cm³/mol. The number of hydrogen-bond acceptors (Lipinski definition) is 4. The minimum absolute atomic E-state index is 0.104.